The number of thioether (sulfide) groups is 1. The molecule has 0 bridgehead atoms. The van der Waals surface area contributed by atoms with Gasteiger partial charge in [-0.15, -0.1) is 0 Å². The number of hydrogen-bond donors (Lipinski definition) is 2. The van der Waals surface area contributed by atoms with Crippen molar-refractivity contribution >= 4 is 17.7 Å². The van der Waals surface area contributed by atoms with Gasteiger partial charge in [0.15, 0.2) is 0 Å². The molecule has 0 heterocycles. The second kappa shape index (κ2) is 6.27. The van der Waals surface area contributed by atoms with Gasteiger partial charge >= 0.3 is 0 Å². The van der Waals surface area contributed by atoms with Crippen molar-refractivity contribution in [1.82, 2.24) is 5.48 Å². The van der Waals surface area contributed by atoms with Gasteiger partial charge in [0.2, 0.25) is 0 Å². The van der Waals surface area contributed by atoms with Crippen LogP contribution < -0.4 is 11.2 Å². The van der Waals surface area contributed by atoms with E-state index in [2.05, 4.69) is 5.48 Å². The molecule has 5 heteroatoms. The summed E-state index contributed by atoms with van der Waals surface area (Å²) in [5, 5.41) is 0. The SMILES string of the molecule is CSCC[C@H](N)C(=O)NOC(C)(C)C. The predicted octanol–water partition coefficient (Wildman–Crippen LogP) is 0.913. The quantitative estimate of drug-likeness (QED) is 0.676. The van der Waals surface area contributed by atoms with Crippen LogP contribution in [0.25, 0.3) is 0 Å². The molecule has 84 valence electrons. The van der Waals surface area contributed by atoms with E-state index in [1.807, 2.05) is 27.0 Å². The maximum absolute atomic E-state index is 11.3. The molecule has 1 amide bonds. The minimum Gasteiger partial charge on any atom is -0.320 e. The molecule has 0 aromatic rings. The highest BCUT2D eigenvalue weighted by atomic mass is 32.2. The molecule has 0 aliphatic rings. The molecule has 0 radical (unpaired) electrons. The highest BCUT2D eigenvalue weighted by molar-refractivity contribution is 7.98. The molecule has 0 saturated heterocycles. The van der Waals surface area contributed by atoms with Gasteiger partial charge < -0.3 is 5.73 Å². The second-order valence-electron chi connectivity index (χ2n) is 4.07. The first-order valence-corrected chi connectivity index (χ1v) is 5.98. The van der Waals surface area contributed by atoms with Gasteiger partial charge in [-0.2, -0.15) is 11.8 Å². The van der Waals surface area contributed by atoms with Gasteiger partial charge in [-0.25, -0.2) is 5.48 Å². The van der Waals surface area contributed by atoms with E-state index in [9.17, 15) is 4.79 Å². The van der Waals surface area contributed by atoms with Gasteiger partial charge in [0.25, 0.3) is 5.91 Å². The number of nitrogens with one attached hydrogen (secondary N) is 1. The molecule has 0 aromatic carbocycles. The molecular weight excluding hydrogens is 200 g/mol. The Balaban J connectivity index is 3.73. The van der Waals surface area contributed by atoms with E-state index >= 15 is 0 Å². The van der Waals surface area contributed by atoms with Crippen molar-refractivity contribution in [3.8, 4) is 0 Å². The van der Waals surface area contributed by atoms with Gasteiger partial charge in [-0.1, -0.05) is 0 Å². The third kappa shape index (κ3) is 7.17. The topological polar surface area (TPSA) is 64.4 Å². The molecule has 3 N–H and O–H groups in total. The smallest absolute Gasteiger partial charge is 0.260 e. The first kappa shape index (κ1) is 13.7. The lowest BCUT2D eigenvalue weighted by atomic mass is 10.2. The van der Waals surface area contributed by atoms with Gasteiger partial charge in [0, 0.05) is 0 Å². The van der Waals surface area contributed by atoms with E-state index in [-0.39, 0.29) is 11.5 Å². The Labute approximate surface area is 89.9 Å². The summed E-state index contributed by atoms with van der Waals surface area (Å²) < 4.78 is 0. The summed E-state index contributed by atoms with van der Waals surface area (Å²) >= 11 is 1.67. The predicted molar refractivity (Wildman–Crippen MR) is 60.0 cm³/mol. The summed E-state index contributed by atoms with van der Waals surface area (Å²) in [6.45, 7) is 5.59. The summed E-state index contributed by atoms with van der Waals surface area (Å²) in [4.78, 5) is 16.4. The lowest BCUT2D eigenvalue weighted by Crippen LogP contribution is -2.43. The molecule has 0 saturated carbocycles. The second-order valence-corrected chi connectivity index (χ2v) is 5.05. The third-order valence-corrected chi connectivity index (χ3v) is 2.07. The number of rotatable bonds is 5. The fourth-order valence-corrected chi connectivity index (χ4v) is 1.14. The first-order valence-electron chi connectivity index (χ1n) is 4.59. The lowest BCUT2D eigenvalue weighted by molar-refractivity contribution is -0.146. The molecule has 0 aliphatic carbocycles. The van der Waals surface area contributed by atoms with Crippen LogP contribution in [0.2, 0.25) is 0 Å². The fourth-order valence-electron chi connectivity index (χ4n) is 0.655. The van der Waals surface area contributed by atoms with Crippen LogP contribution in [-0.4, -0.2) is 29.6 Å². The van der Waals surface area contributed by atoms with Crippen molar-refractivity contribution in [3.05, 3.63) is 0 Å². The van der Waals surface area contributed by atoms with Crippen LogP contribution in [0.1, 0.15) is 27.2 Å². The van der Waals surface area contributed by atoms with E-state index in [0.717, 1.165) is 5.75 Å². The lowest BCUT2D eigenvalue weighted by Gasteiger charge is -2.20. The Morgan fingerprint density at radius 3 is 2.57 bits per heavy atom. The summed E-state index contributed by atoms with van der Waals surface area (Å²) in [5.41, 5.74) is 7.61. The fraction of sp³-hybridized carbons (Fsp3) is 0.889. The minimum atomic E-state index is -0.482. The number of nitrogens with two attached hydrogens (primary N) is 1. The zero-order chi connectivity index (χ0) is 11.2. The van der Waals surface area contributed by atoms with E-state index in [1.165, 1.54) is 0 Å². The maximum atomic E-state index is 11.3. The standard InChI is InChI=1S/C9H20N2O2S/c1-9(2,3)13-11-8(12)7(10)5-6-14-4/h7H,5-6,10H2,1-4H3,(H,11,12)/t7-/m0/s1. The Morgan fingerprint density at radius 2 is 2.14 bits per heavy atom. The van der Waals surface area contributed by atoms with Crippen LogP contribution in [0, 0.1) is 0 Å². The number of amides is 1. The van der Waals surface area contributed by atoms with Gasteiger partial charge in [0.1, 0.15) is 0 Å². The molecule has 0 aromatic heterocycles. The Bertz CT molecular complexity index is 180. The van der Waals surface area contributed by atoms with E-state index in [1.54, 1.807) is 11.8 Å². The number of carbonyl (C=O) groups excluding carboxylic acids is 1. The number of hydrogen-bond acceptors (Lipinski definition) is 4. The third-order valence-electron chi connectivity index (χ3n) is 1.43. The number of carbonyl (C=O) groups is 1. The van der Waals surface area contributed by atoms with Gasteiger partial charge in [0.05, 0.1) is 11.6 Å². The van der Waals surface area contributed by atoms with Crippen molar-refractivity contribution in [1.29, 1.82) is 0 Å². The molecule has 1 atom stereocenters. The van der Waals surface area contributed by atoms with Crippen LogP contribution in [0.3, 0.4) is 0 Å². The first-order chi connectivity index (χ1) is 6.37. The molecule has 0 fully saturated rings. The van der Waals surface area contributed by atoms with E-state index < -0.39 is 6.04 Å². The molecular formula is C9H20N2O2S. The summed E-state index contributed by atoms with van der Waals surface area (Å²) in [5.74, 6) is 0.623. The summed E-state index contributed by atoms with van der Waals surface area (Å²) in [6.07, 6.45) is 2.65. The zero-order valence-electron chi connectivity index (χ0n) is 9.29. The monoisotopic (exact) mass is 220 g/mol. The van der Waals surface area contributed by atoms with Gasteiger partial charge in [-0.05, 0) is 39.2 Å². The normalized spacial score (nSPS) is 13.8. The average molecular weight is 220 g/mol. The van der Waals surface area contributed by atoms with Crippen molar-refractivity contribution < 1.29 is 9.63 Å². The maximum Gasteiger partial charge on any atom is 0.260 e. The van der Waals surface area contributed by atoms with Crippen LogP contribution >= 0.6 is 11.8 Å². The molecule has 4 nitrogen and oxygen atoms in total. The van der Waals surface area contributed by atoms with Gasteiger partial charge in [-0.3, -0.25) is 9.63 Å². The van der Waals surface area contributed by atoms with Crippen LogP contribution in [0.4, 0.5) is 0 Å². The minimum absolute atomic E-state index is 0.256. The zero-order valence-corrected chi connectivity index (χ0v) is 10.1. The van der Waals surface area contributed by atoms with Crippen LogP contribution in [0.5, 0.6) is 0 Å². The summed E-state index contributed by atoms with van der Waals surface area (Å²) in [7, 11) is 0. The van der Waals surface area contributed by atoms with E-state index in [4.69, 9.17) is 10.6 Å². The van der Waals surface area contributed by atoms with Crippen molar-refractivity contribution in [3.63, 3.8) is 0 Å². The van der Waals surface area contributed by atoms with Crippen molar-refractivity contribution in [2.75, 3.05) is 12.0 Å². The molecule has 0 spiro atoms. The van der Waals surface area contributed by atoms with Crippen molar-refractivity contribution in [2.45, 2.75) is 38.8 Å². The number of hydroxylamine groups is 1. The van der Waals surface area contributed by atoms with E-state index in [0.29, 0.717) is 6.42 Å². The summed E-state index contributed by atoms with van der Waals surface area (Å²) in [6, 6.07) is -0.482. The Morgan fingerprint density at radius 1 is 1.57 bits per heavy atom. The molecule has 0 unspecified atom stereocenters. The highest BCUT2D eigenvalue weighted by Gasteiger charge is 2.17. The Kier molecular flexibility index (Phi) is 6.15. The molecule has 0 aliphatic heterocycles. The van der Waals surface area contributed by atoms with Crippen LogP contribution in [-0.2, 0) is 9.63 Å². The largest absolute Gasteiger partial charge is 0.320 e. The van der Waals surface area contributed by atoms with Crippen molar-refractivity contribution in [2.24, 2.45) is 5.73 Å². The molecule has 0 rings (SSSR count). The average Bonchev–Trinajstić information content (AvgIpc) is 2.09. The molecule has 14 heavy (non-hydrogen) atoms. The Hall–Kier alpha value is -0.260. The highest BCUT2D eigenvalue weighted by Crippen LogP contribution is 2.04. The van der Waals surface area contributed by atoms with Crippen LogP contribution in [0.15, 0.2) is 0 Å².